The number of ether oxygens (including phenoxy) is 1. The van der Waals surface area contributed by atoms with E-state index in [9.17, 15) is 0 Å². The number of allylic oxidation sites excluding steroid dienone is 4. The molecule has 0 saturated heterocycles. The summed E-state index contributed by atoms with van der Waals surface area (Å²) in [6.45, 7) is 0. The van der Waals surface area contributed by atoms with Crippen molar-refractivity contribution in [2.45, 2.75) is 12.5 Å². The van der Waals surface area contributed by atoms with Gasteiger partial charge in [0.05, 0.1) is 11.8 Å². The van der Waals surface area contributed by atoms with Gasteiger partial charge in [0.25, 0.3) is 0 Å². The van der Waals surface area contributed by atoms with Crippen LogP contribution in [0, 0.1) is 0 Å². The molecule has 0 fully saturated rings. The van der Waals surface area contributed by atoms with Crippen LogP contribution in [0.3, 0.4) is 0 Å². The summed E-state index contributed by atoms with van der Waals surface area (Å²) in [6.07, 6.45) is 15.8. The zero-order chi connectivity index (χ0) is 12.8. The van der Waals surface area contributed by atoms with Crippen molar-refractivity contribution in [1.29, 1.82) is 0 Å². The van der Waals surface area contributed by atoms with Crippen LogP contribution in [0.4, 0.5) is 0 Å². The molecule has 0 amide bonds. The second-order valence-corrected chi connectivity index (χ2v) is 6.43. The predicted molar refractivity (Wildman–Crippen MR) is 83.5 cm³/mol. The molecule has 3 nitrogen and oxygen atoms in total. The number of rotatable bonds is 6. The molecule has 1 aliphatic heterocycles. The average molecular weight is 300 g/mol. The van der Waals surface area contributed by atoms with Crippen LogP contribution in [0.25, 0.3) is 0 Å². The number of hydrogen-bond acceptors (Lipinski definition) is 6. The molecule has 18 heavy (non-hydrogen) atoms. The molecule has 2 aliphatic rings. The first-order valence-corrected chi connectivity index (χ1v) is 8.88. The van der Waals surface area contributed by atoms with Crippen LogP contribution in [0.1, 0.15) is 6.42 Å². The maximum absolute atomic E-state index is 5.28. The van der Waals surface area contributed by atoms with E-state index >= 15 is 0 Å². The van der Waals surface area contributed by atoms with Gasteiger partial charge in [0.15, 0.2) is 0 Å². The van der Waals surface area contributed by atoms with E-state index in [1.807, 2.05) is 6.26 Å². The second kappa shape index (κ2) is 7.35. The minimum atomic E-state index is 0.0998. The van der Waals surface area contributed by atoms with Gasteiger partial charge in [-0.1, -0.05) is 42.3 Å². The molecule has 0 bridgehead atoms. The maximum Gasteiger partial charge on any atom is 0.0936 e. The van der Waals surface area contributed by atoms with Crippen molar-refractivity contribution < 1.29 is 4.74 Å². The smallest absolute Gasteiger partial charge is 0.0936 e. The molecule has 1 aliphatic carbocycles. The largest absolute Gasteiger partial charge is 0.373 e. The lowest BCUT2D eigenvalue weighted by Gasteiger charge is -2.09. The van der Waals surface area contributed by atoms with Crippen LogP contribution < -0.4 is 4.13 Å². The highest BCUT2D eigenvalue weighted by atomic mass is 33.1. The van der Waals surface area contributed by atoms with Crippen LogP contribution in [0.2, 0.25) is 0 Å². The Morgan fingerprint density at radius 2 is 2.33 bits per heavy atom. The highest BCUT2D eigenvalue weighted by Crippen LogP contribution is 2.42. The third-order valence-electron chi connectivity index (χ3n) is 2.51. The topological polar surface area (TPSA) is 24.3 Å². The Morgan fingerprint density at radius 3 is 3.11 bits per heavy atom. The summed E-state index contributed by atoms with van der Waals surface area (Å²) < 4.78 is 10.6. The van der Waals surface area contributed by atoms with Crippen LogP contribution in [-0.4, -0.2) is 23.8 Å². The Morgan fingerprint density at radius 1 is 1.44 bits per heavy atom. The first-order chi connectivity index (χ1) is 8.85. The molecular weight excluding hydrogens is 284 g/mol. The molecule has 6 heteroatoms. The summed E-state index contributed by atoms with van der Waals surface area (Å²) in [6, 6.07) is 0. The van der Waals surface area contributed by atoms with Crippen molar-refractivity contribution in [2.75, 3.05) is 13.4 Å². The van der Waals surface area contributed by atoms with Crippen molar-refractivity contribution in [3.8, 4) is 0 Å². The fourth-order valence-corrected chi connectivity index (χ4v) is 3.86. The van der Waals surface area contributed by atoms with E-state index in [2.05, 4.69) is 45.0 Å². The minimum Gasteiger partial charge on any atom is -0.373 e. The number of methoxy groups -OCH3 is 1. The Hall–Kier alpha value is -0.270. The Balaban J connectivity index is 1.84. The fourth-order valence-electron chi connectivity index (χ4n) is 1.55. The SMILES string of the molecule is COC1C=CC/C(C2=CN2SSNSC)=C\C=C/1. The highest BCUT2D eigenvalue weighted by Gasteiger charge is 2.25. The van der Waals surface area contributed by atoms with Crippen molar-refractivity contribution in [3.63, 3.8) is 0 Å². The Bertz CT molecular complexity index is 404. The highest BCUT2D eigenvalue weighted by molar-refractivity contribution is 8.76. The van der Waals surface area contributed by atoms with E-state index in [1.54, 1.807) is 41.0 Å². The molecule has 0 saturated carbocycles. The van der Waals surface area contributed by atoms with E-state index in [1.165, 1.54) is 11.3 Å². The second-order valence-electron chi connectivity index (χ2n) is 3.69. The number of hydrogen-bond donors (Lipinski definition) is 1. The third kappa shape index (κ3) is 4.13. The monoisotopic (exact) mass is 300 g/mol. The van der Waals surface area contributed by atoms with E-state index in [4.69, 9.17) is 4.74 Å². The molecule has 0 radical (unpaired) electrons. The lowest BCUT2D eigenvalue weighted by molar-refractivity contribution is 0.177. The van der Waals surface area contributed by atoms with E-state index < -0.39 is 0 Å². The van der Waals surface area contributed by atoms with Gasteiger partial charge >= 0.3 is 0 Å². The van der Waals surface area contributed by atoms with Gasteiger partial charge in [-0.05, 0) is 18.2 Å². The van der Waals surface area contributed by atoms with Gasteiger partial charge < -0.3 is 4.74 Å². The maximum atomic E-state index is 5.28. The summed E-state index contributed by atoms with van der Waals surface area (Å²) >= 11 is 1.61. The molecule has 2 rings (SSSR count). The Kier molecular flexibility index (Phi) is 5.78. The van der Waals surface area contributed by atoms with Crippen molar-refractivity contribution in [1.82, 2.24) is 8.43 Å². The van der Waals surface area contributed by atoms with Gasteiger partial charge in [-0.25, -0.2) is 0 Å². The first kappa shape index (κ1) is 14.1. The summed E-state index contributed by atoms with van der Waals surface area (Å²) in [5, 5.41) is 0. The van der Waals surface area contributed by atoms with Gasteiger partial charge in [-0.2, -0.15) is 4.13 Å². The Labute approximate surface area is 121 Å². The van der Waals surface area contributed by atoms with Crippen LogP contribution in [0.5, 0.6) is 0 Å². The molecule has 1 atom stereocenters. The molecule has 98 valence electrons. The normalized spacial score (nSPS) is 27.0. The molecule has 1 N–H and O–H groups in total. The molecule has 0 spiro atoms. The van der Waals surface area contributed by atoms with Gasteiger partial charge in [0.2, 0.25) is 0 Å². The quantitative estimate of drug-likeness (QED) is 0.348. The third-order valence-corrected chi connectivity index (χ3v) is 5.30. The van der Waals surface area contributed by atoms with Crippen LogP contribution >= 0.6 is 33.9 Å². The van der Waals surface area contributed by atoms with E-state index in [0.29, 0.717) is 0 Å². The average Bonchev–Trinajstić information content (AvgIpc) is 3.09. The predicted octanol–water partition coefficient (Wildman–Crippen LogP) is 3.68. The van der Waals surface area contributed by atoms with Gasteiger partial charge in [0.1, 0.15) is 0 Å². The molecule has 0 aromatic rings. The molecule has 0 aromatic carbocycles. The van der Waals surface area contributed by atoms with Crippen LogP contribution in [-0.2, 0) is 4.74 Å². The van der Waals surface area contributed by atoms with Crippen LogP contribution in [0.15, 0.2) is 47.9 Å². The first-order valence-electron chi connectivity index (χ1n) is 5.55. The van der Waals surface area contributed by atoms with Gasteiger partial charge in [0, 0.05) is 35.3 Å². The van der Waals surface area contributed by atoms with Crippen molar-refractivity contribution >= 4 is 33.9 Å². The summed E-state index contributed by atoms with van der Waals surface area (Å²) in [5.74, 6) is 0. The molecule has 1 heterocycles. The van der Waals surface area contributed by atoms with Gasteiger partial charge in [-0.15, -0.1) is 0 Å². The zero-order valence-corrected chi connectivity index (χ0v) is 12.8. The lowest BCUT2D eigenvalue weighted by atomic mass is 10.1. The fraction of sp³-hybridized carbons (Fsp3) is 0.333. The van der Waals surface area contributed by atoms with Crippen molar-refractivity contribution in [2.24, 2.45) is 0 Å². The number of nitrogens with one attached hydrogen (secondary N) is 1. The molecule has 0 aromatic heterocycles. The standard InChI is InChI=1S/C12H16N2OS3/c1-15-11-7-3-5-10(6-4-8-11)12-9-14(12)18-17-13-16-2/h3-5,7-9,11,13H,6H2,1-2H3/b7-3-,8-4?,10-5+. The zero-order valence-electron chi connectivity index (χ0n) is 10.3. The molecular formula is C12H16N2OS3. The van der Waals surface area contributed by atoms with Crippen molar-refractivity contribution in [3.05, 3.63) is 47.9 Å². The van der Waals surface area contributed by atoms with E-state index in [-0.39, 0.29) is 6.10 Å². The number of nitrogens with zero attached hydrogens (tertiary/aromatic N) is 1. The lowest BCUT2D eigenvalue weighted by Crippen LogP contribution is -2.03. The summed E-state index contributed by atoms with van der Waals surface area (Å²) in [7, 11) is 5.05. The van der Waals surface area contributed by atoms with Gasteiger partial charge in [-0.3, -0.25) is 4.31 Å². The summed E-state index contributed by atoms with van der Waals surface area (Å²) in [5.41, 5.74) is 2.65. The molecule has 1 unspecified atom stereocenters. The summed E-state index contributed by atoms with van der Waals surface area (Å²) in [4.78, 5) is 0. The minimum absolute atomic E-state index is 0.0998. The van der Waals surface area contributed by atoms with E-state index in [0.717, 1.165) is 6.42 Å².